The van der Waals surface area contributed by atoms with E-state index in [-0.39, 0.29) is 6.04 Å². The molecule has 2 aromatic heterocycles. The van der Waals surface area contributed by atoms with Crippen molar-refractivity contribution >= 4 is 23.0 Å². The molecule has 6 nitrogen and oxygen atoms in total. The third kappa shape index (κ3) is 2.51. The Balaban J connectivity index is 2.21. The summed E-state index contributed by atoms with van der Waals surface area (Å²) in [6.07, 6.45) is 1.40. The summed E-state index contributed by atoms with van der Waals surface area (Å²) < 4.78 is 5.19. The summed E-state index contributed by atoms with van der Waals surface area (Å²) in [6.45, 7) is 3.98. The molecule has 2 aromatic rings. The second kappa shape index (κ2) is 5.18. The molecule has 2 rings (SSSR count). The minimum absolute atomic E-state index is 0.0342. The van der Waals surface area contributed by atoms with Crippen LogP contribution in [0.5, 0.6) is 5.75 Å². The summed E-state index contributed by atoms with van der Waals surface area (Å²) in [5.74, 6) is 1.35. The lowest BCUT2D eigenvalue weighted by atomic mass is 10.3. The molecule has 0 saturated heterocycles. The van der Waals surface area contributed by atoms with Crippen LogP contribution >= 0.6 is 11.3 Å². The highest BCUT2D eigenvalue weighted by atomic mass is 32.1. The summed E-state index contributed by atoms with van der Waals surface area (Å²) in [7, 11) is 1.54. The van der Waals surface area contributed by atoms with Gasteiger partial charge in [-0.2, -0.15) is 0 Å². The Morgan fingerprint density at radius 1 is 1.44 bits per heavy atom. The Morgan fingerprint density at radius 3 is 2.83 bits per heavy atom. The average molecular weight is 265 g/mol. The van der Waals surface area contributed by atoms with E-state index in [1.807, 2.05) is 19.2 Å². The van der Waals surface area contributed by atoms with Crippen LogP contribution in [-0.2, 0) is 0 Å². The van der Waals surface area contributed by atoms with Crippen LogP contribution in [0.2, 0.25) is 0 Å². The molecule has 1 unspecified atom stereocenters. The summed E-state index contributed by atoms with van der Waals surface area (Å²) in [5, 5.41) is 6.23. The molecule has 18 heavy (non-hydrogen) atoms. The molecule has 96 valence electrons. The number of nitrogens with zero attached hydrogens (tertiary/aromatic N) is 3. The Bertz CT molecular complexity index is 542. The molecule has 0 spiro atoms. The highest BCUT2D eigenvalue weighted by Crippen LogP contribution is 2.30. The summed E-state index contributed by atoms with van der Waals surface area (Å²) in [5.41, 5.74) is 6.73. The largest absolute Gasteiger partial charge is 0.490 e. The van der Waals surface area contributed by atoms with Gasteiger partial charge in [0, 0.05) is 11.1 Å². The maximum absolute atomic E-state index is 5.72. The molecular weight excluding hydrogens is 250 g/mol. The molecule has 1 atom stereocenters. The van der Waals surface area contributed by atoms with Crippen LogP contribution in [0.3, 0.4) is 0 Å². The van der Waals surface area contributed by atoms with Crippen molar-refractivity contribution in [3.8, 4) is 5.75 Å². The van der Waals surface area contributed by atoms with Gasteiger partial charge in [0.05, 0.1) is 13.2 Å². The van der Waals surface area contributed by atoms with E-state index < -0.39 is 0 Å². The summed E-state index contributed by atoms with van der Waals surface area (Å²) in [4.78, 5) is 12.4. The van der Waals surface area contributed by atoms with Gasteiger partial charge < -0.3 is 15.8 Å². The topological polar surface area (TPSA) is 86.0 Å². The predicted molar refractivity (Wildman–Crippen MR) is 71.9 cm³/mol. The molecule has 2 heterocycles. The molecule has 0 amide bonds. The average Bonchev–Trinajstić information content (AvgIpc) is 2.76. The zero-order valence-corrected chi connectivity index (χ0v) is 11.3. The highest BCUT2D eigenvalue weighted by Gasteiger charge is 2.15. The maximum Gasteiger partial charge on any atom is 0.203 e. The monoisotopic (exact) mass is 265 g/mol. The number of hydrogen-bond acceptors (Lipinski definition) is 7. The number of nitrogen functional groups attached to an aromatic ring is 1. The summed E-state index contributed by atoms with van der Waals surface area (Å²) >= 11 is 1.61. The number of rotatable bonds is 4. The van der Waals surface area contributed by atoms with Gasteiger partial charge >= 0.3 is 0 Å². The zero-order valence-electron chi connectivity index (χ0n) is 10.5. The van der Waals surface area contributed by atoms with Crippen LogP contribution in [0.15, 0.2) is 11.7 Å². The third-order valence-corrected chi connectivity index (χ3v) is 3.54. The second-order valence-electron chi connectivity index (χ2n) is 3.83. The zero-order chi connectivity index (χ0) is 13.1. The molecule has 0 fully saturated rings. The number of hydrogen-bond donors (Lipinski definition) is 2. The van der Waals surface area contributed by atoms with Gasteiger partial charge in [-0.05, 0) is 13.8 Å². The minimum atomic E-state index is 0.0342. The van der Waals surface area contributed by atoms with Crippen molar-refractivity contribution in [1.82, 2.24) is 15.0 Å². The molecule has 3 N–H and O–H groups in total. The SMILES string of the molecule is COc1c(N)ncnc1NC(C)c1nc(C)cs1. The molecule has 0 aliphatic carbocycles. The van der Waals surface area contributed by atoms with Crippen LogP contribution in [0.25, 0.3) is 0 Å². The molecule has 7 heteroatoms. The minimum Gasteiger partial charge on any atom is -0.490 e. The van der Waals surface area contributed by atoms with Crippen molar-refractivity contribution in [1.29, 1.82) is 0 Å². The standard InChI is InChI=1S/C11H15N5OS/c1-6-4-18-11(15-6)7(2)16-10-8(17-3)9(12)13-5-14-10/h4-5,7H,1-3H3,(H3,12,13,14,16). The number of anilines is 2. The van der Waals surface area contributed by atoms with Crippen molar-refractivity contribution in [2.75, 3.05) is 18.2 Å². The van der Waals surface area contributed by atoms with Crippen LogP contribution < -0.4 is 15.8 Å². The fourth-order valence-corrected chi connectivity index (χ4v) is 2.33. The van der Waals surface area contributed by atoms with Gasteiger partial charge in [-0.3, -0.25) is 0 Å². The van der Waals surface area contributed by atoms with Crippen LogP contribution in [0.1, 0.15) is 23.7 Å². The fourth-order valence-electron chi connectivity index (χ4n) is 1.53. The number of nitrogens with one attached hydrogen (secondary N) is 1. The first-order valence-electron chi connectivity index (χ1n) is 5.45. The van der Waals surface area contributed by atoms with Gasteiger partial charge in [0.1, 0.15) is 11.3 Å². The van der Waals surface area contributed by atoms with Gasteiger partial charge in [-0.15, -0.1) is 11.3 Å². The number of aryl methyl sites for hydroxylation is 1. The Labute approximate surface area is 109 Å². The third-order valence-electron chi connectivity index (χ3n) is 2.40. The Hall–Kier alpha value is -1.89. The molecule has 0 aliphatic rings. The lowest BCUT2D eigenvalue weighted by Crippen LogP contribution is -2.10. The van der Waals surface area contributed by atoms with Crippen LogP contribution in [0.4, 0.5) is 11.6 Å². The van der Waals surface area contributed by atoms with Crippen molar-refractivity contribution in [3.63, 3.8) is 0 Å². The first kappa shape index (κ1) is 12.6. The van der Waals surface area contributed by atoms with Crippen molar-refractivity contribution in [2.24, 2.45) is 0 Å². The van der Waals surface area contributed by atoms with E-state index in [1.54, 1.807) is 18.4 Å². The van der Waals surface area contributed by atoms with Gasteiger partial charge in [0.2, 0.25) is 5.75 Å². The first-order chi connectivity index (χ1) is 8.61. The van der Waals surface area contributed by atoms with Gasteiger partial charge in [-0.25, -0.2) is 15.0 Å². The molecule has 0 bridgehead atoms. The van der Waals surface area contributed by atoms with Crippen LogP contribution in [-0.4, -0.2) is 22.1 Å². The van der Waals surface area contributed by atoms with E-state index in [1.165, 1.54) is 6.33 Å². The van der Waals surface area contributed by atoms with Crippen molar-refractivity contribution in [3.05, 3.63) is 22.4 Å². The number of methoxy groups -OCH3 is 1. The number of ether oxygens (including phenoxy) is 1. The van der Waals surface area contributed by atoms with E-state index in [0.29, 0.717) is 17.4 Å². The Kier molecular flexibility index (Phi) is 3.61. The van der Waals surface area contributed by atoms with E-state index in [9.17, 15) is 0 Å². The first-order valence-corrected chi connectivity index (χ1v) is 6.32. The van der Waals surface area contributed by atoms with E-state index >= 15 is 0 Å². The lowest BCUT2D eigenvalue weighted by Gasteiger charge is -2.15. The Morgan fingerprint density at radius 2 is 2.22 bits per heavy atom. The smallest absolute Gasteiger partial charge is 0.203 e. The van der Waals surface area contributed by atoms with Gasteiger partial charge in [0.25, 0.3) is 0 Å². The van der Waals surface area contributed by atoms with Crippen molar-refractivity contribution < 1.29 is 4.74 Å². The number of nitrogens with two attached hydrogens (primary N) is 1. The van der Waals surface area contributed by atoms with Gasteiger partial charge in [-0.1, -0.05) is 0 Å². The second-order valence-corrected chi connectivity index (χ2v) is 4.72. The summed E-state index contributed by atoms with van der Waals surface area (Å²) in [6, 6.07) is 0.0342. The molecular formula is C11H15N5OS. The number of aromatic nitrogens is 3. The normalized spacial score (nSPS) is 12.2. The van der Waals surface area contributed by atoms with E-state index in [0.717, 1.165) is 10.7 Å². The molecule has 0 saturated carbocycles. The molecule has 0 aromatic carbocycles. The van der Waals surface area contributed by atoms with E-state index in [2.05, 4.69) is 20.3 Å². The molecule has 0 aliphatic heterocycles. The maximum atomic E-state index is 5.72. The van der Waals surface area contributed by atoms with Crippen molar-refractivity contribution in [2.45, 2.75) is 19.9 Å². The lowest BCUT2D eigenvalue weighted by molar-refractivity contribution is 0.415. The fraction of sp³-hybridized carbons (Fsp3) is 0.364. The molecule has 0 radical (unpaired) electrons. The quantitative estimate of drug-likeness (QED) is 0.879. The predicted octanol–water partition coefficient (Wildman–Crippen LogP) is 2.01. The van der Waals surface area contributed by atoms with E-state index in [4.69, 9.17) is 10.5 Å². The van der Waals surface area contributed by atoms with Crippen LogP contribution in [0, 0.1) is 6.92 Å². The number of thiazole rings is 1. The highest BCUT2D eigenvalue weighted by molar-refractivity contribution is 7.09. The van der Waals surface area contributed by atoms with Gasteiger partial charge in [0.15, 0.2) is 11.6 Å².